The first-order valence-corrected chi connectivity index (χ1v) is 14.7. The van der Waals surface area contributed by atoms with Crippen molar-refractivity contribution in [3.8, 4) is 22.9 Å². The van der Waals surface area contributed by atoms with Crippen LogP contribution in [0.15, 0.2) is 55.1 Å². The highest BCUT2D eigenvalue weighted by Gasteiger charge is 2.43. The van der Waals surface area contributed by atoms with Gasteiger partial charge in [0.1, 0.15) is 23.7 Å². The van der Waals surface area contributed by atoms with Gasteiger partial charge in [-0.3, -0.25) is 9.69 Å². The van der Waals surface area contributed by atoms with E-state index in [-0.39, 0.29) is 72.1 Å². The van der Waals surface area contributed by atoms with Crippen LogP contribution in [0, 0.1) is 5.82 Å². The summed E-state index contributed by atoms with van der Waals surface area (Å²) in [4.78, 5) is 26.8. The average molecular weight is 626 g/mol. The van der Waals surface area contributed by atoms with E-state index in [2.05, 4.69) is 16.5 Å². The zero-order valence-corrected chi connectivity index (χ0v) is 25.0. The summed E-state index contributed by atoms with van der Waals surface area (Å²) in [6, 6.07) is 11.4. The van der Waals surface area contributed by atoms with Crippen LogP contribution in [0.3, 0.4) is 0 Å². The van der Waals surface area contributed by atoms with Gasteiger partial charge in [-0.1, -0.05) is 42.4 Å². The van der Waals surface area contributed by atoms with Crippen molar-refractivity contribution < 1.29 is 27.8 Å². The summed E-state index contributed by atoms with van der Waals surface area (Å²) in [5, 5.41) is 12.3. The Labute approximate surface area is 257 Å². The van der Waals surface area contributed by atoms with Gasteiger partial charge >= 0.3 is 6.01 Å². The van der Waals surface area contributed by atoms with Gasteiger partial charge in [0.15, 0.2) is 5.82 Å². The smallest absolute Gasteiger partial charge is 0.319 e. The number of carbonyl (C=O) groups is 1. The number of halogens is 4. The van der Waals surface area contributed by atoms with Gasteiger partial charge in [-0.2, -0.15) is 9.97 Å². The lowest BCUT2D eigenvalue weighted by molar-refractivity contribution is -0.132. The zero-order chi connectivity index (χ0) is 31.3. The molecule has 230 valence electrons. The third-order valence-electron chi connectivity index (χ3n) is 8.22. The number of hydrogen-bond acceptors (Lipinski definition) is 7. The van der Waals surface area contributed by atoms with Crippen molar-refractivity contribution in [3.05, 3.63) is 66.0 Å². The molecular formula is C32H31ClF3N5O3. The van der Waals surface area contributed by atoms with Crippen LogP contribution in [0.4, 0.5) is 19.0 Å². The number of phenols is 1. The van der Waals surface area contributed by atoms with Gasteiger partial charge in [0, 0.05) is 42.7 Å². The number of amides is 1. The monoisotopic (exact) mass is 625 g/mol. The summed E-state index contributed by atoms with van der Waals surface area (Å²) in [6.45, 7) is 7.75. The lowest BCUT2D eigenvalue weighted by Crippen LogP contribution is -2.58. The molecule has 12 heteroatoms. The Hall–Kier alpha value is -4.09. The van der Waals surface area contributed by atoms with Gasteiger partial charge in [-0.25, -0.2) is 13.2 Å². The molecule has 44 heavy (non-hydrogen) atoms. The summed E-state index contributed by atoms with van der Waals surface area (Å²) in [6.07, 6.45) is 1.28. The van der Waals surface area contributed by atoms with E-state index in [0.717, 1.165) is 0 Å². The quantitative estimate of drug-likeness (QED) is 0.257. The molecule has 8 nitrogen and oxygen atoms in total. The molecule has 4 aromatic rings. The van der Waals surface area contributed by atoms with Gasteiger partial charge in [-0.15, -0.1) is 0 Å². The number of aromatic hydroxyl groups is 1. The van der Waals surface area contributed by atoms with E-state index in [1.165, 1.54) is 12.1 Å². The van der Waals surface area contributed by atoms with Gasteiger partial charge in [0.25, 0.3) is 5.92 Å². The SMILES string of the molecule is C=CC(=O)N1C[C@H](C)N(c2nc(OCCN3CC(F)(F)C3)nc3c(F)c(-c4cc(O)cc5ccccc45)c(Cl)cc23)C[C@H]1C. The van der Waals surface area contributed by atoms with Crippen molar-refractivity contribution in [1.29, 1.82) is 0 Å². The molecular weight excluding hydrogens is 595 g/mol. The molecule has 2 fully saturated rings. The second-order valence-corrected chi connectivity index (χ2v) is 11.9. The molecule has 2 aliphatic rings. The molecule has 3 heterocycles. The molecule has 1 N–H and O–H groups in total. The molecule has 0 bridgehead atoms. The van der Waals surface area contributed by atoms with E-state index in [0.29, 0.717) is 40.6 Å². The van der Waals surface area contributed by atoms with Crippen molar-refractivity contribution in [2.75, 3.05) is 44.2 Å². The van der Waals surface area contributed by atoms with E-state index >= 15 is 4.39 Å². The van der Waals surface area contributed by atoms with Crippen molar-refractivity contribution in [1.82, 2.24) is 19.8 Å². The number of nitrogens with zero attached hydrogens (tertiary/aromatic N) is 5. The lowest BCUT2D eigenvalue weighted by atomic mass is 9.96. The van der Waals surface area contributed by atoms with Crippen LogP contribution in [0.2, 0.25) is 5.02 Å². The highest BCUT2D eigenvalue weighted by Crippen LogP contribution is 2.43. The van der Waals surface area contributed by atoms with Gasteiger partial charge in [-0.05, 0) is 54.5 Å². The molecule has 2 saturated heterocycles. The molecule has 1 amide bonds. The van der Waals surface area contributed by atoms with Gasteiger partial charge < -0.3 is 19.6 Å². The van der Waals surface area contributed by atoms with Crippen LogP contribution in [0.5, 0.6) is 11.8 Å². The third-order valence-corrected chi connectivity index (χ3v) is 8.52. The first-order chi connectivity index (χ1) is 21.0. The number of anilines is 1. The van der Waals surface area contributed by atoms with Crippen LogP contribution in [0.1, 0.15) is 13.8 Å². The highest BCUT2D eigenvalue weighted by molar-refractivity contribution is 6.35. The minimum Gasteiger partial charge on any atom is -0.508 e. The number of alkyl halides is 2. The zero-order valence-electron chi connectivity index (χ0n) is 24.2. The first kappa shape index (κ1) is 30.0. The summed E-state index contributed by atoms with van der Waals surface area (Å²) >= 11 is 6.80. The van der Waals surface area contributed by atoms with Crippen LogP contribution in [-0.2, 0) is 4.79 Å². The Kier molecular flexibility index (Phi) is 7.79. The number of fused-ring (bicyclic) bond motifs is 2. The Morgan fingerprint density at radius 2 is 1.89 bits per heavy atom. The average Bonchev–Trinajstić information content (AvgIpc) is 2.96. The number of ether oxygens (including phenoxy) is 1. The normalized spacial score (nSPS) is 20.1. The number of carbonyl (C=O) groups excluding carboxylic acids is 1. The van der Waals surface area contributed by atoms with Crippen molar-refractivity contribution in [2.24, 2.45) is 0 Å². The maximum Gasteiger partial charge on any atom is 0.319 e. The second-order valence-electron chi connectivity index (χ2n) is 11.4. The number of hydrogen-bond donors (Lipinski definition) is 1. The maximum absolute atomic E-state index is 16.7. The van der Waals surface area contributed by atoms with Crippen LogP contribution < -0.4 is 9.64 Å². The third kappa shape index (κ3) is 5.50. The molecule has 0 spiro atoms. The number of piperazine rings is 1. The minimum absolute atomic E-state index is 0.0217. The number of likely N-dealkylation sites (tertiary alicyclic amines) is 1. The fourth-order valence-corrected chi connectivity index (χ4v) is 6.36. The molecule has 0 unspecified atom stereocenters. The predicted molar refractivity (Wildman–Crippen MR) is 164 cm³/mol. The summed E-state index contributed by atoms with van der Waals surface area (Å²) in [5.41, 5.74) is 0.411. The Balaban J connectivity index is 1.46. The van der Waals surface area contributed by atoms with Crippen LogP contribution in [-0.4, -0.2) is 88.1 Å². The van der Waals surface area contributed by atoms with Crippen molar-refractivity contribution in [2.45, 2.75) is 31.9 Å². The van der Waals surface area contributed by atoms with E-state index < -0.39 is 11.7 Å². The fraction of sp³-hybridized carbons (Fsp3) is 0.344. The van der Waals surface area contributed by atoms with Crippen LogP contribution in [0.25, 0.3) is 32.8 Å². The molecule has 3 aromatic carbocycles. The number of phenolic OH excluding ortho intramolecular Hbond substituents is 1. The van der Waals surface area contributed by atoms with Crippen LogP contribution >= 0.6 is 11.6 Å². The summed E-state index contributed by atoms with van der Waals surface area (Å²) < 4.78 is 49.1. The lowest BCUT2D eigenvalue weighted by Gasteiger charge is -2.44. The first-order valence-electron chi connectivity index (χ1n) is 14.3. The standard InChI is InChI=1S/C32H31ClF3N5O3/c1-4-26(43)40-14-19(3)41(15-18(40)2)30-24-13-25(33)27(23-12-21(42)11-20-7-5-6-8-22(20)23)28(34)29(24)37-31(38-30)44-10-9-39-16-32(35,36)17-39/h4-8,11-13,18-19,42H,1,9-10,14-17H2,2-3H3/t18-,19+/m1/s1. The molecule has 0 radical (unpaired) electrons. The largest absolute Gasteiger partial charge is 0.508 e. The molecule has 2 atom stereocenters. The van der Waals surface area contributed by atoms with Gasteiger partial charge in [0.05, 0.1) is 18.1 Å². The van der Waals surface area contributed by atoms with E-state index in [1.807, 2.05) is 43.0 Å². The van der Waals surface area contributed by atoms with Crippen molar-refractivity contribution >= 4 is 45.0 Å². The van der Waals surface area contributed by atoms with E-state index in [1.54, 1.807) is 21.9 Å². The Bertz CT molecular complexity index is 1780. The topological polar surface area (TPSA) is 82.0 Å². The van der Waals surface area contributed by atoms with Gasteiger partial charge in [0.2, 0.25) is 5.91 Å². The fourth-order valence-electron chi connectivity index (χ4n) is 6.07. The second kappa shape index (κ2) is 11.4. The molecule has 2 aliphatic heterocycles. The molecule has 0 aliphatic carbocycles. The molecule has 0 saturated carbocycles. The van der Waals surface area contributed by atoms with E-state index in [4.69, 9.17) is 16.3 Å². The number of benzene rings is 3. The van der Waals surface area contributed by atoms with E-state index in [9.17, 15) is 18.7 Å². The summed E-state index contributed by atoms with van der Waals surface area (Å²) in [7, 11) is 0. The maximum atomic E-state index is 16.7. The predicted octanol–water partition coefficient (Wildman–Crippen LogP) is 5.89. The van der Waals surface area contributed by atoms with Crippen molar-refractivity contribution in [3.63, 3.8) is 0 Å². The minimum atomic E-state index is -2.70. The Morgan fingerprint density at radius 1 is 1.14 bits per heavy atom. The number of aromatic nitrogens is 2. The molecule has 6 rings (SSSR count). The number of rotatable bonds is 7. The summed E-state index contributed by atoms with van der Waals surface area (Å²) in [5.74, 6) is -3.29. The Morgan fingerprint density at radius 3 is 2.61 bits per heavy atom. The highest BCUT2D eigenvalue weighted by atomic mass is 35.5. The molecule has 1 aromatic heterocycles.